The third-order valence-electron chi connectivity index (χ3n) is 4.68. The summed E-state index contributed by atoms with van der Waals surface area (Å²) < 4.78 is 24.7. The van der Waals surface area contributed by atoms with E-state index in [4.69, 9.17) is 8.94 Å². The lowest BCUT2D eigenvalue weighted by molar-refractivity contribution is 0.380. The molecule has 2 heterocycles. The van der Waals surface area contributed by atoms with Gasteiger partial charge in [-0.1, -0.05) is 19.0 Å². The van der Waals surface area contributed by atoms with Crippen molar-refractivity contribution in [2.24, 2.45) is 4.99 Å². The largest absolute Gasteiger partial charge is 0.459 e. The molecule has 0 spiro atoms. The highest BCUT2D eigenvalue weighted by atomic mass is 127. The molecule has 0 radical (unpaired) electrons. The maximum absolute atomic E-state index is 13.5. The second-order valence-corrected chi connectivity index (χ2v) is 6.31. The third-order valence-corrected chi connectivity index (χ3v) is 4.68. The minimum Gasteiger partial charge on any atom is -0.459 e. The fourth-order valence-corrected chi connectivity index (χ4v) is 3.11. The van der Waals surface area contributed by atoms with Gasteiger partial charge in [-0.25, -0.2) is 4.39 Å². The Morgan fingerprint density at radius 1 is 1.14 bits per heavy atom. The molecule has 0 saturated heterocycles. The summed E-state index contributed by atoms with van der Waals surface area (Å²) in [5.74, 6) is 2.03. The van der Waals surface area contributed by atoms with E-state index in [1.165, 1.54) is 12.1 Å². The number of nitrogens with one attached hydrogen (secondary N) is 2. The van der Waals surface area contributed by atoms with Gasteiger partial charge in [-0.2, -0.15) is 0 Å². The lowest BCUT2D eigenvalue weighted by Crippen LogP contribution is -2.36. The highest BCUT2D eigenvalue weighted by Gasteiger charge is 2.15. The summed E-state index contributed by atoms with van der Waals surface area (Å²) in [7, 11) is 1.71. The van der Waals surface area contributed by atoms with Crippen LogP contribution in [0, 0.1) is 12.7 Å². The molecule has 28 heavy (non-hydrogen) atoms. The highest BCUT2D eigenvalue weighted by molar-refractivity contribution is 14.0. The number of benzene rings is 1. The van der Waals surface area contributed by atoms with Crippen molar-refractivity contribution in [3.63, 3.8) is 0 Å². The normalized spacial score (nSPS) is 11.5. The number of fused-ring (bicyclic) bond motifs is 1. The van der Waals surface area contributed by atoms with E-state index in [-0.39, 0.29) is 29.8 Å². The van der Waals surface area contributed by atoms with Crippen molar-refractivity contribution in [3.05, 3.63) is 52.4 Å². The molecule has 0 aliphatic carbocycles. The van der Waals surface area contributed by atoms with Gasteiger partial charge in [0.25, 0.3) is 0 Å². The van der Waals surface area contributed by atoms with E-state index in [0.717, 1.165) is 46.6 Å². The summed E-state index contributed by atoms with van der Waals surface area (Å²) in [6.45, 7) is 7.06. The Labute approximate surface area is 181 Å². The van der Waals surface area contributed by atoms with Gasteiger partial charge in [0, 0.05) is 36.5 Å². The van der Waals surface area contributed by atoms with E-state index >= 15 is 0 Å². The lowest BCUT2D eigenvalue weighted by atomic mass is 10.1. The molecular formula is C20H26FIN4O2. The highest BCUT2D eigenvalue weighted by Crippen LogP contribution is 2.25. The zero-order valence-electron chi connectivity index (χ0n) is 16.6. The minimum atomic E-state index is -0.268. The molecule has 0 saturated carbocycles. The molecule has 3 rings (SSSR count). The van der Waals surface area contributed by atoms with Crippen molar-refractivity contribution in [2.45, 2.75) is 46.7 Å². The first kappa shape index (κ1) is 22.2. The van der Waals surface area contributed by atoms with Crippen molar-refractivity contribution < 1.29 is 13.3 Å². The van der Waals surface area contributed by atoms with Crippen molar-refractivity contribution in [2.75, 3.05) is 7.05 Å². The van der Waals surface area contributed by atoms with E-state index in [0.29, 0.717) is 24.6 Å². The van der Waals surface area contributed by atoms with Gasteiger partial charge in [-0.3, -0.25) is 4.99 Å². The Morgan fingerprint density at radius 3 is 2.57 bits per heavy atom. The standard InChI is InChI=1S/C20H25FN4O2.HI/c1-5-16-15(17(6-2)27-25-16)10-23-20(22-4)24-11-19-12(3)14-9-13(21)7-8-18(14)26-19;/h7-9H,5-6,10-11H2,1-4H3,(H2,22,23,24);1H. The molecule has 0 amide bonds. The summed E-state index contributed by atoms with van der Waals surface area (Å²) in [6, 6.07) is 4.55. The van der Waals surface area contributed by atoms with Crippen LogP contribution in [0.25, 0.3) is 11.0 Å². The summed E-state index contributed by atoms with van der Waals surface area (Å²) in [5.41, 5.74) is 3.65. The number of furan rings is 1. The van der Waals surface area contributed by atoms with Gasteiger partial charge >= 0.3 is 0 Å². The van der Waals surface area contributed by atoms with Crippen LogP contribution in [-0.4, -0.2) is 18.2 Å². The maximum Gasteiger partial charge on any atom is 0.191 e. The Bertz CT molecular complexity index is 943. The molecule has 0 bridgehead atoms. The molecule has 2 aromatic heterocycles. The van der Waals surface area contributed by atoms with Crippen LogP contribution < -0.4 is 10.6 Å². The van der Waals surface area contributed by atoms with Gasteiger partial charge in [0.2, 0.25) is 0 Å². The summed E-state index contributed by atoms with van der Waals surface area (Å²) >= 11 is 0. The summed E-state index contributed by atoms with van der Waals surface area (Å²) in [4.78, 5) is 4.25. The number of aromatic nitrogens is 1. The van der Waals surface area contributed by atoms with Crippen LogP contribution in [0.1, 0.15) is 42.2 Å². The molecule has 8 heteroatoms. The second-order valence-electron chi connectivity index (χ2n) is 6.31. The summed E-state index contributed by atoms with van der Waals surface area (Å²) in [6.07, 6.45) is 1.62. The Morgan fingerprint density at radius 2 is 1.89 bits per heavy atom. The van der Waals surface area contributed by atoms with E-state index < -0.39 is 0 Å². The van der Waals surface area contributed by atoms with Gasteiger partial charge < -0.3 is 19.6 Å². The first-order valence-corrected chi connectivity index (χ1v) is 9.15. The Balaban J connectivity index is 0.00000280. The average Bonchev–Trinajstić information content (AvgIpc) is 3.22. The molecule has 0 aliphatic rings. The number of halogens is 2. The van der Waals surface area contributed by atoms with Crippen molar-refractivity contribution >= 4 is 40.9 Å². The number of nitrogens with zero attached hydrogens (tertiary/aromatic N) is 2. The van der Waals surface area contributed by atoms with Crippen LogP contribution in [0.15, 0.2) is 32.1 Å². The van der Waals surface area contributed by atoms with Gasteiger partial charge in [-0.15, -0.1) is 24.0 Å². The molecule has 0 unspecified atom stereocenters. The van der Waals surface area contributed by atoms with Crippen molar-refractivity contribution in [1.82, 2.24) is 15.8 Å². The third kappa shape index (κ3) is 4.65. The van der Waals surface area contributed by atoms with E-state index in [2.05, 4.69) is 27.7 Å². The Hall–Kier alpha value is -2.10. The number of hydrogen-bond acceptors (Lipinski definition) is 4. The van der Waals surface area contributed by atoms with Crippen LogP contribution in [-0.2, 0) is 25.9 Å². The van der Waals surface area contributed by atoms with Crippen molar-refractivity contribution in [1.29, 1.82) is 0 Å². The van der Waals surface area contributed by atoms with Crippen LogP contribution >= 0.6 is 24.0 Å². The summed E-state index contributed by atoms with van der Waals surface area (Å²) in [5, 5.41) is 11.4. The van der Waals surface area contributed by atoms with E-state index in [9.17, 15) is 4.39 Å². The topological polar surface area (TPSA) is 75.6 Å². The molecule has 0 fully saturated rings. The number of hydrogen-bond donors (Lipinski definition) is 2. The van der Waals surface area contributed by atoms with Crippen LogP contribution in [0.5, 0.6) is 0 Å². The molecule has 2 N–H and O–H groups in total. The first-order valence-electron chi connectivity index (χ1n) is 9.15. The van der Waals surface area contributed by atoms with E-state index in [1.54, 1.807) is 13.1 Å². The first-order chi connectivity index (χ1) is 13.1. The quantitative estimate of drug-likeness (QED) is 0.297. The molecule has 3 aromatic rings. The van der Waals surface area contributed by atoms with Gasteiger partial charge in [0.15, 0.2) is 5.96 Å². The number of aryl methyl sites for hydroxylation is 3. The molecule has 0 aliphatic heterocycles. The van der Waals surface area contributed by atoms with Crippen LogP contribution in [0.3, 0.4) is 0 Å². The number of guanidine groups is 1. The molecule has 6 nitrogen and oxygen atoms in total. The SMILES string of the molecule is CCc1noc(CC)c1CNC(=NC)NCc1oc2ccc(F)cc2c1C.I. The molecule has 1 aromatic carbocycles. The smallest absolute Gasteiger partial charge is 0.191 e. The molecular weight excluding hydrogens is 474 g/mol. The number of aliphatic imine (C=N–C) groups is 1. The molecule has 152 valence electrons. The predicted molar refractivity (Wildman–Crippen MR) is 119 cm³/mol. The zero-order chi connectivity index (χ0) is 19.4. The zero-order valence-corrected chi connectivity index (χ0v) is 18.9. The van der Waals surface area contributed by atoms with Crippen molar-refractivity contribution in [3.8, 4) is 0 Å². The minimum absolute atomic E-state index is 0. The lowest BCUT2D eigenvalue weighted by Gasteiger charge is -2.11. The van der Waals surface area contributed by atoms with Gasteiger partial charge in [0.05, 0.1) is 12.2 Å². The molecule has 0 atom stereocenters. The Kier molecular flexibility index (Phi) is 7.85. The van der Waals surface area contributed by atoms with Gasteiger partial charge in [0.1, 0.15) is 22.9 Å². The second kappa shape index (κ2) is 9.90. The number of rotatable bonds is 6. The predicted octanol–water partition coefficient (Wildman–Crippen LogP) is 4.48. The fraction of sp³-hybridized carbons (Fsp3) is 0.400. The maximum atomic E-state index is 13.5. The monoisotopic (exact) mass is 500 g/mol. The van der Waals surface area contributed by atoms with Gasteiger partial charge in [-0.05, 0) is 31.5 Å². The van der Waals surface area contributed by atoms with Crippen LogP contribution in [0.4, 0.5) is 4.39 Å². The van der Waals surface area contributed by atoms with Crippen LogP contribution in [0.2, 0.25) is 0 Å². The fourth-order valence-electron chi connectivity index (χ4n) is 3.11. The van der Waals surface area contributed by atoms with E-state index in [1.807, 2.05) is 13.8 Å². The average molecular weight is 500 g/mol.